The molecule has 8 heteroatoms. The smallest absolute Gasteiger partial charge is 0.380 e. The van der Waals surface area contributed by atoms with Crippen LogP contribution in [-0.4, -0.2) is 41.1 Å². The van der Waals surface area contributed by atoms with Crippen molar-refractivity contribution < 1.29 is 17.9 Å². The van der Waals surface area contributed by atoms with E-state index in [0.717, 1.165) is 40.7 Å². The molecule has 1 atom stereocenters. The molecule has 0 spiro atoms. The molecule has 7 rings (SSSR count). The monoisotopic (exact) mass is 604 g/mol. The lowest BCUT2D eigenvalue weighted by Crippen LogP contribution is -2.38. The third-order valence-corrected chi connectivity index (χ3v) is 8.75. The zero-order chi connectivity index (χ0) is 31.0. The number of benzene rings is 4. The molecule has 1 aliphatic rings. The fourth-order valence-electron chi connectivity index (χ4n) is 6.62. The van der Waals surface area contributed by atoms with Gasteiger partial charge in [-0.2, -0.15) is 18.3 Å². The molecule has 0 amide bonds. The molecule has 1 aliphatic heterocycles. The Kier molecular flexibility index (Phi) is 7.37. The highest BCUT2D eigenvalue weighted by molar-refractivity contribution is 5.95. The van der Waals surface area contributed by atoms with E-state index < -0.39 is 17.4 Å². The number of ether oxygens (including phenoxy) is 1. The summed E-state index contributed by atoms with van der Waals surface area (Å²) in [4.78, 5) is 6.73. The number of anilines is 1. The number of methoxy groups -OCH3 is 1. The summed E-state index contributed by atoms with van der Waals surface area (Å²) >= 11 is 0. The zero-order valence-electron chi connectivity index (χ0n) is 24.7. The van der Waals surface area contributed by atoms with Crippen LogP contribution in [0.15, 0.2) is 128 Å². The second-order valence-corrected chi connectivity index (χ2v) is 11.3. The molecule has 0 aliphatic carbocycles. The van der Waals surface area contributed by atoms with Crippen LogP contribution in [0.2, 0.25) is 0 Å². The molecule has 0 N–H and O–H groups in total. The van der Waals surface area contributed by atoms with Gasteiger partial charge in [0.05, 0.1) is 11.6 Å². The Labute approximate surface area is 259 Å². The van der Waals surface area contributed by atoms with Gasteiger partial charge in [-0.25, -0.2) is 0 Å². The first-order valence-electron chi connectivity index (χ1n) is 14.9. The summed E-state index contributed by atoms with van der Waals surface area (Å²) < 4.78 is 51.9. The highest BCUT2D eigenvalue weighted by Gasteiger charge is 2.44. The molecule has 226 valence electrons. The largest absolute Gasteiger partial charge is 0.435 e. The van der Waals surface area contributed by atoms with Crippen LogP contribution >= 0.6 is 0 Å². The average Bonchev–Trinajstić information content (AvgIpc) is 3.75. The van der Waals surface area contributed by atoms with Gasteiger partial charge in [0.25, 0.3) is 0 Å². The molecule has 6 aromatic rings. The second kappa shape index (κ2) is 11.5. The lowest BCUT2D eigenvalue weighted by atomic mass is 9.77. The summed E-state index contributed by atoms with van der Waals surface area (Å²) in [7, 11) is 1.70. The first-order valence-corrected chi connectivity index (χ1v) is 14.9. The minimum Gasteiger partial charge on any atom is -0.380 e. The van der Waals surface area contributed by atoms with Gasteiger partial charge >= 0.3 is 6.18 Å². The number of hydrogen-bond donors (Lipinski definition) is 0. The third-order valence-electron chi connectivity index (χ3n) is 8.75. The fraction of sp³-hybridized carbons (Fsp3) is 0.189. The molecule has 45 heavy (non-hydrogen) atoms. The van der Waals surface area contributed by atoms with Crippen molar-refractivity contribution in [3.05, 3.63) is 150 Å². The Morgan fingerprint density at radius 1 is 0.778 bits per heavy atom. The van der Waals surface area contributed by atoms with E-state index in [4.69, 9.17) is 4.74 Å². The van der Waals surface area contributed by atoms with Crippen molar-refractivity contribution in [2.24, 2.45) is 0 Å². The maximum atomic E-state index is 15.0. The summed E-state index contributed by atoms with van der Waals surface area (Å²) in [5.74, 6) is 0. The zero-order valence-corrected chi connectivity index (χ0v) is 24.7. The minimum atomic E-state index is -4.70. The van der Waals surface area contributed by atoms with Gasteiger partial charge in [0, 0.05) is 49.2 Å². The van der Waals surface area contributed by atoms with Crippen LogP contribution in [0.3, 0.4) is 0 Å². The molecule has 4 aromatic carbocycles. The molecule has 0 bridgehead atoms. The van der Waals surface area contributed by atoms with Crippen molar-refractivity contribution >= 4 is 16.6 Å². The summed E-state index contributed by atoms with van der Waals surface area (Å²) in [6, 6.07) is 35.9. The van der Waals surface area contributed by atoms with Crippen LogP contribution in [0.4, 0.5) is 18.9 Å². The van der Waals surface area contributed by atoms with Crippen LogP contribution in [0.25, 0.3) is 22.0 Å². The van der Waals surface area contributed by atoms with E-state index in [1.165, 1.54) is 4.68 Å². The van der Waals surface area contributed by atoms with Crippen molar-refractivity contribution in [3.63, 3.8) is 0 Å². The third kappa shape index (κ3) is 5.05. The van der Waals surface area contributed by atoms with Gasteiger partial charge in [-0.1, -0.05) is 97.1 Å². The predicted molar refractivity (Wildman–Crippen MR) is 170 cm³/mol. The van der Waals surface area contributed by atoms with Gasteiger partial charge in [-0.15, -0.1) is 0 Å². The number of hydrogen-bond acceptors (Lipinski definition) is 4. The van der Waals surface area contributed by atoms with E-state index in [-0.39, 0.29) is 11.7 Å². The normalized spacial score (nSPS) is 15.6. The van der Waals surface area contributed by atoms with Gasteiger partial charge in [-0.3, -0.25) is 9.67 Å². The Balaban J connectivity index is 1.48. The summed E-state index contributed by atoms with van der Waals surface area (Å²) in [6.45, 7) is 1.50. The number of alkyl halides is 3. The van der Waals surface area contributed by atoms with E-state index in [9.17, 15) is 13.2 Å². The first-order chi connectivity index (χ1) is 21.9. The molecule has 2 aromatic heterocycles. The standard InChI is InChI=1S/C37H31F3N4O/c1-45-30-20-22-43(24-30)34-19-21-41-33-18-17-26(23-31(33)34)32-25-44(42-35(32)37(38,39)40)36(27-11-5-2-6-12-27,28-13-7-3-8-14-28)29-15-9-4-10-16-29/h2-19,21,23,25,30H,20,22,24H2,1H3. The maximum absolute atomic E-state index is 15.0. The number of fused-ring (bicyclic) bond motifs is 1. The number of pyridine rings is 1. The summed E-state index contributed by atoms with van der Waals surface area (Å²) in [6.07, 6.45) is -0.433. The molecular formula is C37H31F3N4O. The van der Waals surface area contributed by atoms with Gasteiger partial charge in [0.2, 0.25) is 0 Å². The molecule has 1 saturated heterocycles. The highest BCUT2D eigenvalue weighted by Crippen LogP contribution is 2.45. The second-order valence-electron chi connectivity index (χ2n) is 11.3. The Morgan fingerprint density at radius 2 is 1.38 bits per heavy atom. The van der Waals surface area contributed by atoms with E-state index in [1.54, 1.807) is 31.6 Å². The van der Waals surface area contributed by atoms with E-state index in [1.807, 2.05) is 103 Å². The van der Waals surface area contributed by atoms with E-state index in [2.05, 4.69) is 15.0 Å². The minimum absolute atomic E-state index is 0.00237. The average molecular weight is 605 g/mol. The molecule has 0 saturated carbocycles. The molecule has 1 fully saturated rings. The maximum Gasteiger partial charge on any atom is 0.435 e. The van der Waals surface area contributed by atoms with Crippen LogP contribution in [0.5, 0.6) is 0 Å². The topological polar surface area (TPSA) is 43.2 Å². The summed E-state index contributed by atoms with van der Waals surface area (Å²) in [5, 5.41) is 5.19. The molecule has 0 radical (unpaired) electrons. The van der Waals surface area contributed by atoms with E-state index >= 15 is 0 Å². The van der Waals surface area contributed by atoms with Crippen LogP contribution < -0.4 is 4.90 Å². The SMILES string of the molecule is COC1CCN(c2ccnc3ccc(-c4cn(C(c5ccccc5)(c5ccccc5)c5ccccc5)nc4C(F)(F)F)cc23)C1. The van der Waals surface area contributed by atoms with Crippen LogP contribution in [0.1, 0.15) is 28.8 Å². The molecule has 3 heterocycles. The van der Waals surface area contributed by atoms with Gasteiger partial charge in [0.1, 0.15) is 5.54 Å². The molecular weight excluding hydrogens is 573 g/mol. The van der Waals surface area contributed by atoms with Crippen molar-refractivity contribution in [1.29, 1.82) is 0 Å². The number of nitrogens with zero attached hydrogens (tertiary/aromatic N) is 4. The Bertz CT molecular complexity index is 1830. The van der Waals surface area contributed by atoms with Crippen molar-refractivity contribution in [3.8, 4) is 11.1 Å². The molecule has 5 nitrogen and oxygen atoms in total. The molecule has 1 unspecified atom stereocenters. The highest BCUT2D eigenvalue weighted by atomic mass is 19.4. The quantitative estimate of drug-likeness (QED) is 0.172. The Morgan fingerprint density at radius 3 is 1.91 bits per heavy atom. The fourth-order valence-corrected chi connectivity index (χ4v) is 6.62. The van der Waals surface area contributed by atoms with Crippen LogP contribution in [0, 0.1) is 0 Å². The van der Waals surface area contributed by atoms with Gasteiger partial charge in [-0.05, 0) is 46.9 Å². The van der Waals surface area contributed by atoms with E-state index in [0.29, 0.717) is 17.6 Å². The number of aromatic nitrogens is 3. The van der Waals surface area contributed by atoms with Crippen molar-refractivity contribution in [2.75, 3.05) is 25.1 Å². The Hall–Kier alpha value is -4.95. The summed E-state index contributed by atoms with van der Waals surface area (Å²) in [5.41, 5.74) is 2.30. The van der Waals surface area contributed by atoms with Crippen molar-refractivity contribution in [1.82, 2.24) is 14.8 Å². The predicted octanol–water partition coefficient (Wildman–Crippen LogP) is 8.18. The van der Waals surface area contributed by atoms with Crippen molar-refractivity contribution in [2.45, 2.75) is 24.2 Å². The first kappa shape index (κ1) is 28.8. The number of halogens is 3. The number of rotatable bonds is 7. The van der Waals surface area contributed by atoms with Gasteiger partial charge in [0.15, 0.2) is 5.69 Å². The lowest BCUT2D eigenvalue weighted by Gasteiger charge is -2.36. The van der Waals surface area contributed by atoms with Crippen LogP contribution in [-0.2, 0) is 16.5 Å². The van der Waals surface area contributed by atoms with Gasteiger partial charge < -0.3 is 9.64 Å². The lowest BCUT2D eigenvalue weighted by molar-refractivity contribution is -0.141.